The van der Waals surface area contributed by atoms with Crippen LogP contribution in [0.4, 0.5) is 0 Å². The Morgan fingerprint density at radius 1 is 0.731 bits per heavy atom. The second kappa shape index (κ2) is 5.81. The lowest BCUT2D eigenvalue weighted by molar-refractivity contribution is 0.0379. The topological polar surface area (TPSA) is 39.2 Å². The molecule has 1 aliphatic rings. The van der Waals surface area contributed by atoms with Crippen LogP contribution < -0.4 is 0 Å². The first-order valence-corrected chi connectivity index (χ1v) is 8.56. The lowest BCUT2D eigenvalue weighted by Crippen LogP contribution is -2.12. The molecule has 0 saturated carbocycles. The van der Waals surface area contributed by atoms with Crippen molar-refractivity contribution in [3.63, 3.8) is 0 Å². The molecule has 4 aromatic rings. The molecule has 0 unspecified atom stereocenters. The molecule has 3 nitrogen and oxygen atoms in total. The zero-order chi connectivity index (χ0) is 17.5. The predicted octanol–water partition coefficient (Wildman–Crippen LogP) is 5.16. The summed E-state index contributed by atoms with van der Waals surface area (Å²) in [5.41, 5.74) is 5.38. The van der Waals surface area contributed by atoms with Crippen molar-refractivity contribution < 1.29 is 9.53 Å². The number of rotatable bonds is 2. The van der Waals surface area contributed by atoms with Gasteiger partial charge in [0.15, 0.2) is 6.10 Å². The van der Waals surface area contributed by atoms with Crippen LogP contribution in [-0.2, 0) is 4.74 Å². The lowest BCUT2D eigenvalue weighted by atomic mass is 10.1. The van der Waals surface area contributed by atoms with Crippen LogP contribution in [0.1, 0.15) is 27.7 Å². The molecular weight excluding hydrogens is 322 g/mol. The van der Waals surface area contributed by atoms with E-state index in [0.29, 0.717) is 5.69 Å². The maximum Gasteiger partial charge on any atom is 0.357 e. The third kappa shape index (κ3) is 2.29. The molecule has 0 radical (unpaired) electrons. The Morgan fingerprint density at radius 3 is 2.08 bits per heavy atom. The van der Waals surface area contributed by atoms with E-state index in [1.807, 2.05) is 66.7 Å². The highest BCUT2D eigenvalue weighted by Gasteiger charge is 2.31. The van der Waals surface area contributed by atoms with E-state index in [2.05, 4.69) is 17.1 Å². The Labute approximate surface area is 150 Å². The average Bonchev–Trinajstić information content (AvgIpc) is 3.02. The van der Waals surface area contributed by atoms with Crippen LogP contribution >= 0.6 is 0 Å². The molecule has 26 heavy (non-hydrogen) atoms. The van der Waals surface area contributed by atoms with E-state index < -0.39 is 12.1 Å². The van der Waals surface area contributed by atoms with Gasteiger partial charge in [0.1, 0.15) is 5.69 Å². The van der Waals surface area contributed by atoms with Crippen molar-refractivity contribution in [2.45, 2.75) is 6.10 Å². The number of benzene rings is 3. The fourth-order valence-electron chi connectivity index (χ4n) is 3.58. The van der Waals surface area contributed by atoms with Crippen LogP contribution in [0, 0.1) is 0 Å². The van der Waals surface area contributed by atoms with Crippen LogP contribution in [-0.4, -0.2) is 11.0 Å². The summed E-state index contributed by atoms with van der Waals surface area (Å²) in [5, 5.41) is 1.00. The van der Waals surface area contributed by atoms with Gasteiger partial charge >= 0.3 is 5.97 Å². The minimum atomic E-state index is -0.410. The first-order chi connectivity index (χ1) is 12.8. The maximum atomic E-state index is 12.8. The SMILES string of the molecule is O=C(OC1c2ccccc2-c2ccccc21)c1ccc2ccccc2n1. The van der Waals surface area contributed by atoms with E-state index in [1.54, 1.807) is 6.07 Å². The molecule has 0 spiro atoms. The fourth-order valence-corrected chi connectivity index (χ4v) is 3.58. The highest BCUT2D eigenvalue weighted by atomic mass is 16.5. The molecule has 0 saturated heterocycles. The van der Waals surface area contributed by atoms with Crippen LogP contribution in [0.3, 0.4) is 0 Å². The van der Waals surface area contributed by atoms with Crippen LogP contribution in [0.25, 0.3) is 22.0 Å². The van der Waals surface area contributed by atoms with Gasteiger partial charge in [-0.15, -0.1) is 0 Å². The Bertz CT molecular complexity index is 1100. The van der Waals surface area contributed by atoms with Crippen molar-refractivity contribution in [2.75, 3.05) is 0 Å². The number of ether oxygens (including phenoxy) is 1. The van der Waals surface area contributed by atoms with Crippen LogP contribution in [0.5, 0.6) is 0 Å². The number of esters is 1. The minimum Gasteiger partial charge on any atom is -0.448 e. The number of fused-ring (bicyclic) bond motifs is 4. The fraction of sp³-hybridized carbons (Fsp3) is 0.0435. The summed E-state index contributed by atoms with van der Waals surface area (Å²) in [5.74, 6) is -0.410. The van der Waals surface area contributed by atoms with Crippen molar-refractivity contribution in [3.8, 4) is 11.1 Å². The van der Waals surface area contributed by atoms with E-state index in [-0.39, 0.29) is 0 Å². The maximum absolute atomic E-state index is 12.8. The van der Waals surface area contributed by atoms with Crippen LogP contribution in [0.2, 0.25) is 0 Å². The van der Waals surface area contributed by atoms with Crippen molar-refractivity contribution >= 4 is 16.9 Å². The van der Waals surface area contributed by atoms with E-state index >= 15 is 0 Å². The second-order valence-electron chi connectivity index (χ2n) is 6.35. The number of para-hydroxylation sites is 1. The summed E-state index contributed by atoms with van der Waals surface area (Å²) in [6.07, 6.45) is -0.400. The minimum absolute atomic E-state index is 0.325. The zero-order valence-electron chi connectivity index (χ0n) is 13.9. The third-order valence-corrected chi connectivity index (χ3v) is 4.81. The van der Waals surface area contributed by atoms with E-state index in [1.165, 1.54) is 0 Å². The van der Waals surface area contributed by atoms with E-state index in [0.717, 1.165) is 33.2 Å². The number of hydrogen-bond donors (Lipinski definition) is 0. The third-order valence-electron chi connectivity index (χ3n) is 4.81. The molecule has 0 atom stereocenters. The summed E-state index contributed by atoms with van der Waals surface area (Å²) >= 11 is 0. The number of carbonyl (C=O) groups is 1. The lowest BCUT2D eigenvalue weighted by Gasteiger charge is -2.15. The Hall–Kier alpha value is -3.46. The van der Waals surface area contributed by atoms with Gasteiger partial charge in [0, 0.05) is 16.5 Å². The smallest absolute Gasteiger partial charge is 0.357 e. The predicted molar refractivity (Wildman–Crippen MR) is 101 cm³/mol. The Morgan fingerprint density at radius 2 is 1.35 bits per heavy atom. The molecule has 124 valence electrons. The summed E-state index contributed by atoms with van der Waals surface area (Å²) in [6.45, 7) is 0. The first-order valence-electron chi connectivity index (χ1n) is 8.56. The molecule has 0 amide bonds. The summed E-state index contributed by atoms with van der Waals surface area (Å²) < 4.78 is 5.90. The molecular formula is C23H15NO2. The molecule has 0 N–H and O–H groups in total. The molecule has 1 aromatic heterocycles. The summed E-state index contributed by atoms with van der Waals surface area (Å²) in [6, 6.07) is 27.5. The van der Waals surface area contributed by atoms with Gasteiger partial charge in [0.25, 0.3) is 0 Å². The van der Waals surface area contributed by atoms with Gasteiger partial charge in [-0.3, -0.25) is 0 Å². The Kier molecular flexibility index (Phi) is 3.32. The van der Waals surface area contributed by atoms with Gasteiger partial charge in [0.05, 0.1) is 5.52 Å². The molecule has 5 rings (SSSR count). The molecule has 1 heterocycles. The molecule has 0 bridgehead atoms. The van der Waals surface area contributed by atoms with Crippen molar-refractivity contribution in [1.29, 1.82) is 0 Å². The van der Waals surface area contributed by atoms with Crippen molar-refractivity contribution in [3.05, 3.63) is 102 Å². The van der Waals surface area contributed by atoms with Gasteiger partial charge < -0.3 is 4.74 Å². The number of pyridine rings is 1. The monoisotopic (exact) mass is 337 g/mol. The molecule has 3 heteroatoms. The van der Waals surface area contributed by atoms with E-state index in [4.69, 9.17) is 4.74 Å². The standard InChI is InChI=1S/C23H15NO2/c25-23(21-14-13-15-7-1-6-12-20(15)24-21)26-22-18-10-4-2-8-16(18)17-9-3-5-11-19(17)22/h1-14,22H. The first kappa shape index (κ1) is 14.8. The van der Waals surface area contributed by atoms with Gasteiger partial charge in [-0.25, -0.2) is 9.78 Å². The average molecular weight is 337 g/mol. The zero-order valence-corrected chi connectivity index (χ0v) is 13.9. The van der Waals surface area contributed by atoms with Gasteiger partial charge in [-0.2, -0.15) is 0 Å². The number of carbonyl (C=O) groups excluding carboxylic acids is 1. The highest BCUT2D eigenvalue weighted by Crippen LogP contribution is 2.45. The largest absolute Gasteiger partial charge is 0.448 e. The van der Waals surface area contributed by atoms with Crippen molar-refractivity contribution in [1.82, 2.24) is 4.98 Å². The van der Waals surface area contributed by atoms with Gasteiger partial charge in [-0.1, -0.05) is 72.8 Å². The summed E-state index contributed by atoms with van der Waals surface area (Å²) in [4.78, 5) is 17.2. The van der Waals surface area contributed by atoms with Gasteiger partial charge in [0.2, 0.25) is 0 Å². The van der Waals surface area contributed by atoms with E-state index in [9.17, 15) is 4.79 Å². The number of hydrogen-bond acceptors (Lipinski definition) is 3. The number of nitrogens with zero attached hydrogens (tertiary/aromatic N) is 1. The molecule has 3 aromatic carbocycles. The number of aromatic nitrogens is 1. The van der Waals surface area contributed by atoms with Crippen molar-refractivity contribution in [2.24, 2.45) is 0 Å². The molecule has 0 fully saturated rings. The summed E-state index contributed by atoms with van der Waals surface area (Å²) in [7, 11) is 0. The molecule has 0 aliphatic heterocycles. The normalized spacial score (nSPS) is 12.6. The van der Waals surface area contributed by atoms with Gasteiger partial charge in [-0.05, 0) is 23.3 Å². The quantitative estimate of drug-likeness (QED) is 0.474. The highest BCUT2D eigenvalue weighted by molar-refractivity contribution is 5.92. The van der Waals surface area contributed by atoms with Crippen LogP contribution in [0.15, 0.2) is 84.9 Å². The Balaban J connectivity index is 1.53. The second-order valence-corrected chi connectivity index (χ2v) is 6.35. The molecule has 1 aliphatic carbocycles.